The molecule has 0 unspecified atom stereocenters. The minimum atomic E-state index is -0.733. The summed E-state index contributed by atoms with van der Waals surface area (Å²) < 4.78 is 32.6. The Morgan fingerprint density at radius 1 is 1.11 bits per heavy atom. The first-order valence-corrected chi connectivity index (χ1v) is 8.32. The molecular weight excluding hydrogens is 354 g/mol. The maximum Gasteiger partial charge on any atom is 0.277 e. The van der Waals surface area contributed by atoms with Crippen molar-refractivity contribution in [3.05, 3.63) is 70.9 Å². The molecule has 0 atom stereocenters. The highest BCUT2D eigenvalue weighted by atomic mass is 19.1. The van der Waals surface area contributed by atoms with E-state index in [4.69, 9.17) is 4.74 Å². The Bertz CT molecular complexity index is 918. The van der Waals surface area contributed by atoms with Gasteiger partial charge in [0.15, 0.2) is 0 Å². The number of benzene rings is 2. The number of carbonyl (C=O) groups is 2. The van der Waals surface area contributed by atoms with E-state index >= 15 is 0 Å². The van der Waals surface area contributed by atoms with Gasteiger partial charge in [0.2, 0.25) is 0 Å². The molecule has 0 saturated heterocycles. The zero-order valence-electron chi connectivity index (χ0n) is 14.9. The molecule has 27 heavy (non-hydrogen) atoms. The van der Waals surface area contributed by atoms with Gasteiger partial charge in [0, 0.05) is 23.9 Å². The molecule has 1 N–H and O–H groups in total. The second kappa shape index (κ2) is 7.57. The molecule has 1 heterocycles. The number of halogens is 2. The van der Waals surface area contributed by atoms with Crippen LogP contribution in [0.1, 0.15) is 11.1 Å². The summed E-state index contributed by atoms with van der Waals surface area (Å²) in [4.78, 5) is 25.7. The fourth-order valence-electron chi connectivity index (χ4n) is 2.82. The summed E-state index contributed by atoms with van der Waals surface area (Å²) in [5.74, 6) is -1.82. The van der Waals surface area contributed by atoms with Crippen LogP contribution in [0.2, 0.25) is 0 Å². The molecule has 0 spiro atoms. The fraction of sp³-hybridized carbons (Fsp3) is 0.200. The number of amides is 2. The number of imide groups is 1. The number of nitrogens with one attached hydrogen (secondary N) is 1. The monoisotopic (exact) mass is 372 g/mol. The predicted octanol–water partition coefficient (Wildman–Crippen LogP) is 3.19. The normalized spacial score (nSPS) is 13.8. The van der Waals surface area contributed by atoms with Crippen molar-refractivity contribution in [2.45, 2.75) is 13.3 Å². The lowest BCUT2D eigenvalue weighted by atomic mass is 10.1. The molecule has 2 amide bonds. The van der Waals surface area contributed by atoms with E-state index in [0.29, 0.717) is 12.2 Å². The maximum atomic E-state index is 13.7. The van der Waals surface area contributed by atoms with Crippen LogP contribution in [-0.4, -0.2) is 30.4 Å². The number of hydrogen-bond acceptors (Lipinski definition) is 4. The third kappa shape index (κ3) is 3.81. The van der Waals surface area contributed by atoms with Crippen molar-refractivity contribution >= 4 is 17.5 Å². The average molecular weight is 372 g/mol. The van der Waals surface area contributed by atoms with Gasteiger partial charge in [-0.2, -0.15) is 0 Å². The first-order valence-electron chi connectivity index (χ1n) is 8.32. The zero-order valence-corrected chi connectivity index (χ0v) is 14.9. The SMILES string of the molecule is COc1ccccc1CCN1C(=O)C=C(Nc2cc(F)c(C)c(F)c2)C1=O. The van der Waals surface area contributed by atoms with E-state index in [2.05, 4.69) is 5.32 Å². The standard InChI is InChI=1S/C20H18F2N2O3/c1-12-15(21)9-14(10-16(12)22)23-17-11-19(25)24(20(17)26)8-7-13-5-3-4-6-18(13)27-2/h3-6,9-11,23H,7-8H2,1-2H3. The van der Waals surface area contributed by atoms with E-state index in [-0.39, 0.29) is 23.5 Å². The van der Waals surface area contributed by atoms with Gasteiger partial charge in [-0.05, 0) is 37.1 Å². The molecule has 0 fully saturated rings. The van der Waals surface area contributed by atoms with Crippen molar-refractivity contribution in [2.75, 3.05) is 19.0 Å². The smallest absolute Gasteiger partial charge is 0.277 e. The van der Waals surface area contributed by atoms with Crippen molar-refractivity contribution in [3.8, 4) is 5.75 Å². The summed E-state index contributed by atoms with van der Waals surface area (Å²) in [6.07, 6.45) is 1.55. The summed E-state index contributed by atoms with van der Waals surface area (Å²) >= 11 is 0. The quantitative estimate of drug-likeness (QED) is 0.792. The Kier molecular flexibility index (Phi) is 5.21. The first kappa shape index (κ1) is 18.6. The number of methoxy groups -OCH3 is 1. The number of ether oxygens (including phenoxy) is 1. The molecule has 2 aromatic rings. The molecule has 0 aromatic heterocycles. The number of anilines is 1. The molecule has 0 radical (unpaired) electrons. The highest BCUT2D eigenvalue weighted by molar-refractivity contribution is 6.17. The summed E-state index contributed by atoms with van der Waals surface area (Å²) in [5, 5.41) is 2.63. The molecular formula is C20H18F2N2O3. The first-order chi connectivity index (χ1) is 12.9. The molecule has 1 aliphatic heterocycles. The molecule has 3 rings (SSSR count). The van der Waals surface area contributed by atoms with Crippen LogP contribution in [-0.2, 0) is 16.0 Å². The van der Waals surface area contributed by atoms with Crippen molar-refractivity contribution < 1.29 is 23.1 Å². The summed E-state index contributed by atoms with van der Waals surface area (Å²) in [6.45, 7) is 1.48. The minimum Gasteiger partial charge on any atom is -0.496 e. The number of nitrogens with zero attached hydrogens (tertiary/aromatic N) is 1. The molecule has 1 aliphatic rings. The van der Waals surface area contributed by atoms with E-state index in [1.807, 2.05) is 18.2 Å². The van der Waals surface area contributed by atoms with Crippen molar-refractivity contribution in [1.29, 1.82) is 0 Å². The van der Waals surface area contributed by atoms with Crippen LogP contribution >= 0.6 is 0 Å². The Hall–Kier alpha value is -3.22. The molecule has 2 aromatic carbocycles. The Morgan fingerprint density at radius 3 is 2.44 bits per heavy atom. The second-order valence-electron chi connectivity index (χ2n) is 6.10. The van der Waals surface area contributed by atoms with E-state index in [1.54, 1.807) is 13.2 Å². The Balaban J connectivity index is 1.70. The second-order valence-corrected chi connectivity index (χ2v) is 6.10. The van der Waals surface area contributed by atoms with E-state index < -0.39 is 23.4 Å². The molecule has 5 nitrogen and oxygen atoms in total. The van der Waals surface area contributed by atoms with Gasteiger partial charge in [-0.25, -0.2) is 8.78 Å². The highest BCUT2D eigenvalue weighted by Gasteiger charge is 2.31. The third-order valence-electron chi connectivity index (χ3n) is 4.37. The van der Waals surface area contributed by atoms with Crippen LogP contribution in [0.5, 0.6) is 5.75 Å². The summed E-state index contributed by atoms with van der Waals surface area (Å²) in [5.41, 5.74) is 0.795. The Labute approximate surface area is 155 Å². The van der Waals surface area contributed by atoms with Crippen LogP contribution in [0.3, 0.4) is 0 Å². The highest BCUT2D eigenvalue weighted by Crippen LogP contribution is 2.23. The van der Waals surface area contributed by atoms with Gasteiger partial charge in [0.05, 0.1) is 7.11 Å². The van der Waals surface area contributed by atoms with Crippen LogP contribution in [0, 0.1) is 18.6 Å². The van der Waals surface area contributed by atoms with Crippen LogP contribution in [0.15, 0.2) is 48.2 Å². The zero-order chi connectivity index (χ0) is 19.6. The van der Waals surface area contributed by atoms with Gasteiger partial charge in [-0.1, -0.05) is 18.2 Å². The maximum absolute atomic E-state index is 13.7. The molecule has 140 valence electrons. The molecule has 0 bridgehead atoms. The number of carbonyl (C=O) groups excluding carboxylic acids is 2. The summed E-state index contributed by atoms with van der Waals surface area (Å²) in [6, 6.07) is 9.49. The van der Waals surface area contributed by atoms with Crippen LogP contribution < -0.4 is 10.1 Å². The van der Waals surface area contributed by atoms with Gasteiger partial charge in [0.1, 0.15) is 23.1 Å². The van der Waals surface area contributed by atoms with Gasteiger partial charge in [-0.15, -0.1) is 0 Å². The number of para-hydroxylation sites is 1. The van der Waals surface area contributed by atoms with E-state index in [0.717, 1.165) is 28.7 Å². The lowest BCUT2D eigenvalue weighted by Crippen LogP contribution is -2.34. The van der Waals surface area contributed by atoms with Crippen molar-refractivity contribution in [1.82, 2.24) is 4.90 Å². The number of hydrogen-bond donors (Lipinski definition) is 1. The van der Waals surface area contributed by atoms with Crippen molar-refractivity contribution in [3.63, 3.8) is 0 Å². The van der Waals surface area contributed by atoms with Gasteiger partial charge in [0.25, 0.3) is 11.8 Å². The molecule has 7 heteroatoms. The predicted molar refractivity (Wildman–Crippen MR) is 96.2 cm³/mol. The lowest BCUT2D eigenvalue weighted by Gasteiger charge is -2.16. The van der Waals surface area contributed by atoms with Crippen LogP contribution in [0.4, 0.5) is 14.5 Å². The van der Waals surface area contributed by atoms with Gasteiger partial charge >= 0.3 is 0 Å². The topological polar surface area (TPSA) is 58.6 Å². The lowest BCUT2D eigenvalue weighted by molar-refractivity contribution is -0.137. The molecule has 0 aliphatic carbocycles. The van der Waals surface area contributed by atoms with Gasteiger partial charge < -0.3 is 10.1 Å². The van der Waals surface area contributed by atoms with Gasteiger partial charge in [-0.3, -0.25) is 14.5 Å². The molecule has 0 saturated carbocycles. The third-order valence-corrected chi connectivity index (χ3v) is 4.37. The van der Waals surface area contributed by atoms with E-state index in [9.17, 15) is 18.4 Å². The average Bonchev–Trinajstić information content (AvgIpc) is 2.91. The largest absolute Gasteiger partial charge is 0.496 e. The fourth-order valence-corrected chi connectivity index (χ4v) is 2.82. The Morgan fingerprint density at radius 2 is 1.78 bits per heavy atom. The van der Waals surface area contributed by atoms with Crippen LogP contribution in [0.25, 0.3) is 0 Å². The number of rotatable bonds is 6. The summed E-state index contributed by atoms with van der Waals surface area (Å²) in [7, 11) is 1.55. The van der Waals surface area contributed by atoms with Crippen molar-refractivity contribution in [2.24, 2.45) is 0 Å². The van der Waals surface area contributed by atoms with E-state index in [1.165, 1.54) is 6.92 Å². The minimum absolute atomic E-state index is 0.0253.